The van der Waals surface area contributed by atoms with Gasteiger partial charge in [0.05, 0.1) is 11.7 Å². The maximum atomic E-state index is 6.34. The first-order chi connectivity index (χ1) is 9.77. The molecule has 0 radical (unpaired) electrons. The minimum Gasteiger partial charge on any atom is -0.326 e. The molecule has 0 bridgehead atoms. The lowest BCUT2D eigenvalue weighted by atomic mass is 9.77. The molecule has 1 aliphatic heterocycles. The minimum absolute atomic E-state index is 0.130. The van der Waals surface area contributed by atoms with Crippen LogP contribution in [-0.2, 0) is 0 Å². The number of likely N-dealkylation sites (tertiary alicyclic amines) is 1. The molecule has 2 N–H and O–H groups in total. The number of nitrogens with two attached hydrogens (primary N) is 1. The molecular formula is C17H27N3. The predicted octanol–water partition coefficient (Wildman–Crippen LogP) is 3.12. The van der Waals surface area contributed by atoms with Gasteiger partial charge in [-0.15, -0.1) is 0 Å². The van der Waals surface area contributed by atoms with Gasteiger partial charge in [-0.25, -0.2) is 0 Å². The fourth-order valence-electron chi connectivity index (χ4n) is 4.30. The fraction of sp³-hybridized carbons (Fsp3) is 0.706. The van der Waals surface area contributed by atoms with Crippen LogP contribution in [0.5, 0.6) is 0 Å². The molecule has 1 aromatic rings. The number of pyridine rings is 1. The van der Waals surface area contributed by atoms with Crippen molar-refractivity contribution in [3.05, 3.63) is 30.1 Å². The molecule has 3 rings (SSSR count). The second kappa shape index (κ2) is 6.23. The maximum Gasteiger partial charge on any atom is 0.0673 e. The summed E-state index contributed by atoms with van der Waals surface area (Å²) in [5.41, 5.74) is 7.49. The summed E-state index contributed by atoms with van der Waals surface area (Å²) in [5, 5.41) is 0. The van der Waals surface area contributed by atoms with E-state index in [4.69, 9.17) is 5.73 Å². The van der Waals surface area contributed by atoms with Crippen LogP contribution in [0.3, 0.4) is 0 Å². The van der Waals surface area contributed by atoms with Crippen molar-refractivity contribution in [1.82, 2.24) is 9.88 Å². The van der Waals surface area contributed by atoms with Crippen LogP contribution in [0.25, 0.3) is 0 Å². The molecule has 1 aromatic heterocycles. The van der Waals surface area contributed by atoms with Crippen LogP contribution in [0.15, 0.2) is 24.4 Å². The van der Waals surface area contributed by atoms with Crippen molar-refractivity contribution in [2.24, 2.45) is 11.7 Å². The third-order valence-electron chi connectivity index (χ3n) is 5.13. The third-order valence-corrected chi connectivity index (χ3v) is 5.13. The van der Waals surface area contributed by atoms with Crippen LogP contribution in [0.1, 0.15) is 57.2 Å². The highest BCUT2D eigenvalue weighted by atomic mass is 15.2. The lowest BCUT2D eigenvalue weighted by Gasteiger charge is -2.48. The van der Waals surface area contributed by atoms with Gasteiger partial charge in [-0.05, 0) is 57.2 Å². The van der Waals surface area contributed by atoms with E-state index in [1.54, 1.807) is 0 Å². The Labute approximate surface area is 122 Å². The summed E-state index contributed by atoms with van der Waals surface area (Å²) in [6.45, 7) is 3.32. The highest BCUT2D eigenvalue weighted by Gasteiger charge is 2.38. The summed E-state index contributed by atoms with van der Waals surface area (Å²) >= 11 is 0. The zero-order chi connectivity index (χ0) is 13.9. The van der Waals surface area contributed by atoms with E-state index < -0.39 is 0 Å². The van der Waals surface area contributed by atoms with Gasteiger partial charge >= 0.3 is 0 Å². The van der Waals surface area contributed by atoms with E-state index in [1.807, 2.05) is 12.3 Å². The summed E-state index contributed by atoms with van der Waals surface area (Å²) in [4.78, 5) is 7.27. The fourth-order valence-corrected chi connectivity index (χ4v) is 4.30. The van der Waals surface area contributed by atoms with Crippen molar-refractivity contribution in [1.29, 1.82) is 0 Å². The average molecular weight is 273 g/mol. The van der Waals surface area contributed by atoms with Crippen LogP contribution in [0, 0.1) is 5.92 Å². The van der Waals surface area contributed by atoms with Crippen LogP contribution in [-0.4, -0.2) is 28.5 Å². The van der Waals surface area contributed by atoms with E-state index >= 15 is 0 Å². The van der Waals surface area contributed by atoms with Crippen molar-refractivity contribution < 1.29 is 0 Å². The van der Waals surface area contributed by atoms with Gasteiger partial charge in [-0.2, -0.15) is 0 Å². The van der Waals surface area contributed by atoms with E-state index in [1.165, 1.54) is 45.1 Å². The first-order valence-electron chi connectivity index (χ1n) is 8.19. The number of piperidine rings is 1. The van der Waals surface area contributed by atoms with Gasteiger partial charge in [-0.1, -0.05) is 18.9 Å². The SMILES string of the molecule is CC(N)C(c1ccccn1)N1CCC[C@H]2CCCC[C@H]21. The Balaban J connectivity index is 1.86. The first-order valence-corrected chi connectivity index (χ1v) is 8.19. The highest BCUT2D eigenvalue weighted by molar-refractivity contribution is 5.12. The van der Waals surface area contributed by atoms with Crippen LogP contribution in [0.2, 0.25) is 0 Å². The Morgan fingerprint density at radius 2 is 2.00 bits per heavy atom. The van der Waals surface area contributed by atoms with Gasteiger partial charge in [0.1, 0.15) is 0 Å². The molecule has 0 spiro atoms. The molecule has 3 nitrogen and oxygen atoms in total. The molecule has 1 saturated heterocycles. The van der Waals surface area contributed by atoms with Crippen molar-refractivity contribution in [3.8, 4) is 0 Å². The quantitative estimate of drug-likeness (QED) is 0.920. The third kappa shape index (κ3) is 2.75. The number of aromatic nitrogens is 1. The molecule has 0 aromatic carbocycles. The van der Waals surface area contributed by atoms with Crippen molar-refractivity contribution >= 4 is 0 Å². The van der Waals surface area contributed by atoms with Crippen molar-refractivity contribution in [2.75, 3.05) is 6.54 Å². The Morgan fingerprint density at radius 1 is 1.20 bits per heavy atom. The Bertz CT molecular complexity index is 416. The first kappa shape index (κ1) is 14.0. The summed E-state index contributed by atoms with van der Waals surface area (Å²) in [6.07, 6.45) is 10.2. The summed E-state index contributed by atoms with van der Waals surface area (Å²) in [7, 11) is 0. The molecule has 110 valence electrons. The van der Waals surface area contributed by atoms with Crippen molar-refractivity contribution in [3.63, 3.8) is 0 Å². The lowest BCUT2D eigenvalue weighted by molar-refractivity contribution is 0.0164. The van der Waals surface area contributed by atoms with E-state index in [0.717, 1.165) is 17.7 Å². The van der Waals surface area contributed by atoms with Gasteiger partial charge in [-0.3, -0.25) is 9.88 Å². The van der Waals surface area contributed by atoms with Gasteiger partial charge in [0.15, 0.2) is 0 Å². The molecule has 1 aliphatic carbocycles. The largest absolute Gasteiger partial charge is 0.326 e. The number of rotatable bonds is 3. The molecule has 1 saturated carbocycles. The molecule has 0 amide bonds. The Morgan fingerprint density at radius 3 is 2.75 bits per heavy atom. The van der Waals surface area contributed by atoms with Crippen LogP contribution >= 0.6 is 0 Å². The van der Waals surface area contributed by atoms with E-state index in [0.29, 0.717) is 0 Å². The smallest absolute Gasteiger partial charge is 0.0673 e. The summed E-state index contributed by atoms with van der Waals surface area (Å²) in [6, 6.07) is 7.35. The lowest BCUT2D eigenvalue weighted by Crippen LogP contribution is -2.52. The zero-order valence-corrected chi connectivity index (χ0v) is 12.5. The number of nitrogens with zero attached hydrogens (tertiary/aromatic N) is 2. The second-order valence-corrected chi connectivity index (χ2v) is 6.55. The topological polar surface area (TPSA) is 42.1 Å². The molecule has 2 aliphatic rings. The van der Waals surface area contributed by atoms with Gasteiger partial charge < -0.3 is 5.73 Å². The molecular weight excluding hydrogens is 246 g/mol. The van der Waals surface area contributed by atoms with Gasteiger partial charge in [0.2, 0.25) is 0 Å². The standard InChI is InChI=1S/C17H27N3/c1-13(18)17(15-9-4-5-11-19-15)20-12-6-8-14-7-2-3-10-16(14)20/h4-5,9,11,13-14,16-17H,2-3,6-8,10,12,18H2,1H3/t13?,14-,16-,17?/m1/s1. The van der Waals surface area contributed by atoms with E-state index in [-0.39, 0.29) is 12.1 Å². The van der Waals surface area contributed by atoms with Crippen molar-refractivity contribution in [2.45, 2.75) is 63.6 Å². The molecule has 2 unspecified atom stereocenters. The minimum atomic E-state index is 0.130. The molecule has 2 heterocycles. The highest BCUT2D eigenvalue weighted by Crippen LogP contribution is 2.39. The maximum absolute atomic E-state index is 6.34. The number of hydrogen-bond donors (Lipinski definition) is 1. The number of fused-ring (bicyclic) bond motifs is 1. The second-order valence-electron chi connectivity index (χ2n) is 6.55. The van der Waals surface area contributed by atoms with E-state index in [2.05, 4.69) is 28.9 Å². The normalized spacial score (nSPS) is 30.5. The molecule has 4 atom stereocenters. The van der Waals surface area contributed by atoms with Gasteiger partial charge in [0, 0.05) is 18.3 Å². The van der Waals surface area contributed by atoms with E-state index in [9.17, 15) is 0 Å². The van der Waals surface area contributed by atoms with Gasteiger partial charge in [0.25, 0.3) is 0 Å². The van der Waals surface area contributed by atoms with Crippen LogP contribution < -0.4 is 5.73 Å². The average Bonchev–Trinajstić information content (AvgIpc) is 2.48. The Hall–Kier alpha value is -0.930. The van der Waals surface area contributed by atoms with Crippen LogP contribution in [0.4, 0.5) is 0 Å². The predicted molar refractivity (Wildman–Crippen MR) is 82.3 cm³/mol. The summed E-state index contributed by atoms with van der Waals surface area (Å²) in [5.74, 6) is 0.891. The molecule has 3 heteroatoms. The number of hydrogen-bond acceptors (Lipinski definition) is 3. The monoisotopic (exact) mass is 273 g/mol. The Kier molecular flexibility index (Phi) is 4.37. The molecule has 2 fully saturated rings. The zero-order valence-electron chi connectivity index (χ0n) is 12.5. The molecule has 20 heavy (non-hydrogen) atoms. The summed E-state index contributed by atoms with van der Waals surface area (Å²) < 4.78 is 0.